The molecule has 0 unspecified atom stereocenters. The van der Waals surface area contributed by atoms with Gasteiger partial charge < -0.3 is 14.5 Å². The van der Waals surface area contributed by atoms with Gasteiger partial charge in [0, 0.05) is 5.02 Å². The van der Waals surface area contributed by atoms with E-state index in [9.17, 15) is 9.59 Å². The maximum Gasteiger partial charge on any atom is 0.262 e. The summed E-state index contributed by atoms with van der Waals surface area (Å²) in [5.41, 5.74) is 2.43. The van der Waals surface area contributed by atoms with E-state index in [2.05, 4.69) is 15.8 Å². The molecule has 30 heavy (non-hydrogen) atoms. The van der Waals surface area contributed by atoms with Crippen molar-refractivity contribution in [3.63, 3.8) is 0 Å². The van der Waals surface area contributed by atoms with E-state index in [1.54, 1.807) is 31.2 Å². The van der Waals surface area contributed by atoms with Crippen LogP contribution in [0.3, 0.4) is 0 Å². The van der Waals surface area contributed by atoms with Crippen molar-refractivity contribution in [1.82, 2.24) is 10.7 Å². The summed E-state index contributed by atoms with van der Waals surface area (Å²) in [5.74, 6) is 0.105. The zero-order valence-corrected chi connectivity index (χ0v) is 20.3. The molecule has 10 heteroatoms. The van der Waals surface area contributed by atoms with Crippen LogP contribution in [-0.4, -0.2) is 30.2 Å². The van der Waals surface area contributed by atoms with Gasteiger partial charge in [0.25, 0.3) is 11.8 Å². The van der Waals surface area contributed by atoms with Gasteiger partial charge in [-0.1, -0.05) is 37.0 Å². The second-order valence-corrected chi connectivity index (χ2v) is 8.81. The number of carbonyl (C=O) groups excluding carboxylic acids is 2. The highest BCUT2D eigenvalue weighted by Crippen LogP contribution is 2.28. The van der Waals surface area contributed by atoms with Crippen LogP contribution in [0.1, 0.15) is 33.0 Å². The largest absolute Gasteiger partial charge is 0.479 e. The highest BCUT2D eigenvalue weighted by Gasteiger charge is 2.25. The highest BCUT2D eigenvalue weighted by atomic mass is 127. The minimum Gasteiger partial charge on any atom is -0.479 e. The fourth-order valence-corrected chi connectivity index (χ4v) is 3.33. The van der Waals surface area contributed by atoms with Gasteiger partial charge in [0.15, 0.2) is 9.87 Å². The average molecular weight is 566 g/mol. The smallest absolute Gasteiger partial charge is 0.262 e. The number of carbonyl (C=O) groups is 2. The quantitative estimate of drug-likeness (QED) is 0.263. The molecule has 0 spiro atoms. The van der Waals surface area contributed by atoms with E-state index in [1.165, 1.54) is 12.3 Å². The lowest BCUT2D eigenvalue weighted by molar-refractivity contribution is -0.132. The Kier molecular flexibility index (Phi) is 9.44. The first-order chi connectivity index (χ1) is 14.2. The number of benzene rings is 1. The number of halogens is 3. The van der Waals surface area contributed by atoms with Gasteiger partial charge in [-0.25, -0.2) is 5.43 Å². The van der Waals surface area contributed by atoms with E-state index >= 15 is 0 Å². The molecule has 162 valence electrons. The SMILES string of the molecule is CC(C)C[C@@H](NC(=O)[C@@H](C)Oc1ccc(Cl)cc1Cl)C(=O)N/N=C\c1ccc(I)o1. The normalized spacial score (nSPS) is 13.3. The van der Waals surface area contributed by atoms with Crippen LogP contribution < -0.4 is 15.5 Å². The maximum atomic E-state index is 12.6. The fourth-order valence-electron chi connectivity index (χ4n) is 2.44. The first-order valence-electron chi connectivity index (χ1n) is 9.16. The summed E-state index contributed by atoms with van der Waals surface area (Å²) in [6.07, 6.45) is 0.947. The Bertz CT molecular complexity index is 917. The lowest BCUT2D eigenvalue weighted by Crippen LogP contribution is -2.49. The van der Waals surface area contributed by atoms with Crippen molar-refractivity contribution in [3.8, 4) is 5.75 Å². The molecule has 1 heterocycles. The number of hydrazone groups is 1. The Morgan fingerprint density at radius 1 is 1.20 bits per heavy atom. The second-order valence-electron chi connectivity index (χ2n) is 6.90. The Labute approximate surface area is 198 Å². The molecular formula is C20H22Cl2IN3O4. The number of hydrogen-bond donors (Lipinski definition) is 2. The Hall–Kier alpha value is -1.78. The molecule has 1 aromatic carbocycles. The second kappa shape index (κ2) is 11.6. The van der Waals surface area contributed by atoms with Crippen LogP contribution in [-0.2, 0) is 9.59 Å². The zero-order chi connectivity index (χ0) is 22.3. The molecule has 0 saturated carbocycles. The molecule has 2 atom stereocenters. The number of nitrogens with one attached hydrogen (secondary N) is 2. The van der Waals surface area contributed by atoms with Crippen LogP contribution >= 0.6 is 45.8 Å². The van der Waals surface area contributed by atoms with Crippen molar-refractivity contribution in [3.05, 3.63) is 49.9 Å². The number of rotatable bonds is 9. The van der Waals surface area contributed by atoms with E-state index in [0.717, 1.165) is 0 Å². The van der Waals surface area contributed by atoms with Gasteiger partial charge in [-0.3, -0.25) is 9.59 Å². The lowest BCUT2D eigenvalue weighted by atomic mass is 10.0. The van der Waals surface area contributed by atoms with Crippen molar-refractivity contribution < 1.29 is 18.7 Å². The number of nitrogens with zero attached hydrogens (tertiary/aromatic N) is 1. The molecule has 2 amide bonds. The lowest BCUT2D eigenvalue weighted by Gasteiger charge is -2.22. The summed E-state index contributed by atoms with van der Waals surface area (Å²) in [5, 5.41) is 7.35. The number of hydrogen-bond acceptors (Lipinski definition) is 5. The first-order valence-corrected chi connectivity index (χ1v) is 11.0. The van der Waals surface area contributed by atoms with Crippen LogP contribution in [0.2, 0.25) is 10.0 Å². The van der Waals surface area contributed by atoms with Gasteiger partial charge >= 0.3 is 0 Å². The molecule has 1 aromatic heterocycles. The van der Waals surface area contributed by atoms with E-state index < -0.39 is 24.0 Å². The highest BCUT2D eigenvalue weighted by molar-refractivity contribution is 14.1. The van der Waals surface area contributed by atoms with Gasteiger partial charge in [-0.15, -0.1) is 0 Å². The molecule has 0 radical (unpaired) electrons. The molecule has 0 fully saturated rings. The molecule has 0 saturated heterocycles. The predicted octanol–water partition coefficient (Wildman–Crippen LogP) is 4.64. The minimum absolute atomic E-state index is 0.165. The van der Waals surface area contributed by atoms with Crippen molar-refractivity contribution >= 4 is 63.8 Å². The van der Waals surface area contributed by atoms with Crippen LogP contribution in [0.5, 0.6) is 5.75 Å². The van der Waals surface area contributed by atoms with E-state index in [-0.39, 0.29) is 5.92 Å². The summed E-state index contributed by atoms with van der Waals surface area (Å²) in [7, 11) is 0. The van der Waals surface area contributed by atoms with Gasteiger partial charge in [0.2, 0.25) is 0 Å². The summed E-state index contributed by atoms with van der Waals surface area (Å²) >= 11 is 14.0. The monoisotopic (exact) mass is 565 g/mol. The Morgan fingerprint density at radius 3 is 2.53 bits per heavy atom. The zero-order valence-electron chi connectivity index (χ0n) is 16.6. The molecule has 2 N–H and O–H groups in total. The summed E-state index contributed by atoms with van der Waals surface area (Å²) in [6, 6.07) is 7.44. The molecular weight excluding hydrogens is 544 g/mol. The van der Waals surface area contributed by atoms with Gasteiger partial charge in [-0.2, -0.15) is 5.10 Å². The molecule has 2 aromatic rings. The number of amides is 2. The summed E-state index contributed by atoms with van der Waals surface area (Å²) in [4.78, 5) is 25.1. The summed E-state index contributed by atoms with van der Waals surface area (Å²) in [6.45, 7) is 5.48. The molecule has 0 aliphatic heterocycles. The van der Waals surface area contributed by atoms with Gasteiger partial charge in [0.1, 0.15) is 17.6 Å². The third-order valence-corrected chi connectivity index (χ3v) is 4.98. The third-order valence-electron chi connectivity index (χ3n) is 3.87. The molecule has 0 aliphatic carbocycles. The molecule has 0 bridgehead atoms. The third kappa shape index (κ3) is 7.81. The number of furan rings is 1. The van der Waals surface area contributed by atoms with Crippen molar-refractivity contribution in [2.75, 3.05) is 0 Å². The fraction of sp³-hybridized carbons (Fsp3) is 0.350. The minimum atomic E-state index is -0.875. The van der Waals surface area contributed by atoms with Crippen LogP contribution in [0, 0.1) is 9.68 Å². The Morgan fingerprint density at radius 2 is 1.93 bits per heavy atom. The van der Waals surface area contributed by atoms with Crippen molar-refractivity contribution in [1.29, 1.82) is 0 Å². The van der Waals surface area contributed by atoms with Crippen LogP contribution in [0.25, 0.3) is 0 Å². The van der Waals surface area contributed by atoms with Crippen molar-refractivity contribution in [2.45, 2.75) is 39.3 Å². The van der Waals surface area contributed by atoms with E-state index in [0.29, 0.717) is 31.7 Å². The van der Waals surface area contributed by atoms with Crippen molar-refractivity contribution in [2.24, 2.45) is 11.0 Å². The topological polar surface area (TPSA) is 92.9 Å². The standard InChI is InChI=1S/C20H22Cl2IN3O4/c1-11(2)8-16(20(28)26-24-10-14-5-7-18(23)30-14)25-19(27)12(3)29-17-6-4-13(21)9-15(17)22/h4-7,9-12,16H,8H2,1-3H3,(H,25,27)(H,26,28)/b24-10-/t12-,16-/m1/s1. The first kappa shape index (κ1) is 24.5. The Balaban J connectivity index is 1.98. The van der Waals surface area contributed by atoms with Crippen LogP contribution in [0.15, 0.2) is 39.9 Å². The van der Waals surface area contributed by atoms with Crippen LogP contribution in [0.4, 0.5) is 0 Å². The molecule has 2 rings (SSSR count). The van der Waals surface area contributed by atoms with E-state index in [1.807, 2.05) is 36.4 Å². The van der Waals surface area contributed by atoms with Gasteiger partial charge in [0.05, 0.1) is 11.2 Å². The predicted molar refractivity (Wildman–Crippen MR) is 125 cm³/mol. The molecule has 0 aliphatic rings. The maximum absolute atomic E-state index is 12.6. The average Bonchev–Trinajstić information content (AvgIpc) is 3.08. The van der Waals surface area contributed by atoms with E-state index in [4.69, 9.17) is 32.4 Å². The summed E-state index contributed by atoms with van der Waals surface area (Å²) < 4.78 is 11.7. The number of ether oxygens (including phenoxy) is 1. The molecule has 7 nitrogen and oxygen atoms in total. The van der Waals surface area contributed by atoms with Gasteiger partial charge in [-0.05, 0) is 72.2 Å².